The van der Waals surface area contributed by atoms with Crippen LogP contribution in [0.2, 0.25) is 0 Å². The molecule has 4 aromatic rings. The van der Waals surface area contributed by atoms with Crippen LogP contribution in [0.15, 0.2) is 129 Å². The molecule has 54 heavy (non-hydrogen) atoms. The lowest BCUT2D eigenvalue weighted by molar-refractivity contribution is -0.161. The van der Waals surface area contributed by atoms with Gasteiger partial charge in [0.2, 0.25) is 0 Å². The predicted molar refractivity (Wildman–Crippen MR) is 220 cm³/mol. The van der Waals surface area contributed by atoms with Crippen molar-refractivity contribution in [2.24, 2.45) is 11.8 Å². The van der Waals surface area contributed by atoms with Gasteiger partial charge in [-0.05, 0) is 84.0 Å². The molecule has 12 heteroatoms. The predicted octanol–water partition coefficient (Wildman–Crippen LogP) is 10.2. The van der Waals surface area contributed by atoms with Crippen LogP contribution >= 0.6 is 47.0 Å². The largest absolute Gasteiger partial charge is 0.417 e. The lowest BCUT2D eigenvalue weighted by Crippen LogP contribution is -2.44. The molecule has 0 aliphatic heterocycles. The van der Waals surface area contributed by atoms with Gasteiger partial charge >= 0.3 is 24.1 Å². The Hall–Kier alpha value is -3.84. The summed E-state index contributed by atoms with van der Waals surface area (Å²) in [5.74, 6) is -0.0809. The first-order valence-electron chi connectivity index (χ1n) is 18.1. The summed E-state index contributed by atoms with van der Waals surface area (Å²) in [5, 5.41) is 0. The Labute approximate surface area is 335 Å². The lowest BCUT2D eigenvalue weighted by atomic mass is 9.74. The number of rotatable bonds is 18. The van der Waals surface area contributed by atoms with Crippen LogP contribution in [0.25, 0.3) is 0 Å². The number of carbonyl (C=O) groups excluding carboxylic acids is 4. The summed E-state index contributed by atoms with van der Waals surface area (Å²) >= 11 is 6.69. The average molecular weight is 803 g/mol. The number of carbonyl (C=O) groups is 4. The van der Waals surface area contributed by atoms with Gasteiger partial charge in [0.15, 0.2) is 0 Å². The van der Waals surface area contributed by atoms with E-state index in [1.807, 2.05) is 98.8 Å². The molecule has 0 radical (unpaired) electrons. The first-order chi connectivity index (χ1) is 26.3. The van der Waals surface area contributed by atoms with Gasteiger partial charge in [0, 0.05) is 57.3 Å². The normalized spacial score (nSPS) is 14.8. The average Bonchev–Trinajstić information content (AvgIpc) is 3.16. The topological polar surface area (TPSA) is 93.2 Å². The molecule has 0 N–H and O–H groups in total. The van der Waals surface area contributed by atoms with Gasteiger partial charge in [0.1, 0.15) is 0 Å². The SMILES string of the molecule is CCSCCN(Cc1ccc(Sc2ccccc2)cc1)C(=O)OC(=O)C1CCC1C(=O)OC(=O)N(CCSCC)Cc1ccc(Sc2ccccc2)cc1. The van der Waals surface area contributed by atoms with Crippen molar-refractivity contribution in [2.45, 2.75) is 59.4 Å². The van der Waals surface area contributed by atoms with Crippen LogP contribution in [0.4, 0.5) is 9.59 Å². The molecule has 0 heterocycles. The Bertz CT molecular complexity index is 1660. The first-order valence-corrected chi connectivity index (χ1v) is 22.1. The molecule has 284 valence electrons. The van der Waals surface area contributed by atoms with Crippen molar-refractivity contribution in [1.82, 2.24) is 9.80 Å². The Morgan fingerprint density at radius 3 is 1.22 bits per heavy atom. The highest BCUT2D eigenvalue weighted by atomic mass is 32.2. The summed E-state index contributed by atoms with van der Waals surface area (Å²) in [6.45, 7) is 5.45. The van der Waals surface area contributed by atoms with Crippen LogP contribution in [0.3, 0.4) is 0 Å². The van der Waals surface area contributed by atoms with Crippen LogP contribution in [0.1, 0.15) is 37.8 Å². The van der Waals surface area contributed by atoms with E-state index in [1.54, 1.807) is 47.0 Å². The molecule has 0 spiro atoms. The maximum absolute atomic E-state index is 13.3. The van der Waals surface area contributed by atoms with Crippen molar-refractivity contribution in [2.75, 3.05) is 36.1 Å². The highest BCUT2D eigenvalue weighted by Crippen LogP contribution is 2.37. The number of thioether (sulfide) groups is 2. The van der Waals surface area contributed by atoms with E-state index in [-0.39, 0.29) is 13.1 Å². The molecule has 8 nitrogen and oxygen atoms in total. The van der Waals surface area contributed by atoms with E-state index in [9.17, 15) is 19.2 Å². The first kappa shape index (κ1) is 41.3. The lowest BCUT2D eigenvalue weighted by Gasteiger charge is -2.33. The molecule has 1 aliphatic carbocycles. The monoisotopic (exact) mass is 802 g/mol. The van der Waals surface area contributed by atoms with E-state index in [4.69, 9.17) is 9.47 Å². The van der Waals surface area contributed by atoms with Gasteiger partial charge in [-0.15, -0.1) is 0 Å². The summed E-state index contributed by atoms with van der Waals surface area (Å²) in [7, 11) is 0. The van der Waals surface area contributed by atoms with E-state index < -0.39 is 36.0 Å². The maximum Gasteiger partial charge on any atom is 0.417 e. The van der Waals surface area contributed by atoms with Crippen LogP contribution in [-0.2, 0) is 32.2 Å². The van der Waals surface area contributed by atoms with Crippen molar-refractivity contribution in [3.05, 3.63) is 120 Å². The fraction of sp³-hybridized carbons (Fsp3) is 0.333. The number of ether oxygens (including phenoxy) is 2. The van der Waals surface area contributed by atoms with Crippen molar-refractivity contribution in [3.8, 4) is 0 Å². The van der Waals surface area contributed by atoms with Gasteiger partial charge in [-0.1, -0.05) is 98.0 Å². The third-order valence-corrected chi connectivity index (χ3v) is 12.5. The van der Waals surface area contributed by atoms with Crippen molar-refractivity contribution in [3.63, 3.8) is 0 Å². The molecule has 0 aromatic heterocycles. The molecule has 1 fully saturated rings. The minimum atomic E-state index is -0.853. The molecular weight excluding hydrogens is 757 g/mol. The van der Waals surface area contributed by atoms with Crippen molar-refractivity contribution >= 4 is 71.2 Å². The number of nitrogens with zero attached hydrogens (tertiary/aromatic N) is 2. The molecule has 1 aliphatic rings. The molecule has 2 unspecified atom stereocenters. The number of hydrogen-bond donors (Lipinski definition) is 0. The Morgan fingerprint density at radius 2 is 0.889 bits per heavy atom. The van der Waals surface area contributed by atoms with Gasteiger partial charge in [-0.2, -0.15) is 23.5 Å². The van der Waals surface area contributed by atoms with Gasteiger partial charge in [0.05, 0.1) is 11.8 Å². The van der Waals surface area contributed by atoms with Crippen LogP contribution < -0.4 is 0 Å². The summed E-state index contributed by atoms with van der Waals surface area (Å²) in [5.41, 5.74) is 1.82. The van der Waals surface area contributed by atoms with Crippen LogP contribution in [-0.4, -0.2) is 70.0 Å². The molecule has 0 bridgehead atoms. The second-order valence-corrected chi connectivity index (χ2v) is 17.6. The zero-order valence-electron chi connectivity index (χ0n) is 30.6. The van der Waals surface area contributed by atoms with Gasteiger partial charge in [0.25, 0.3) is 0 Å². The number of esters is 2. The molecule has 2 amide bonds. The van der Waals surface area contributed by atoms with Crippen molar-refractivity contribution < 1.29 is 28.7 Å². The Morgan fingerprint density at radius 1 is 0.537 bits per heavy atom. The van der Waals surface area contributed by atoms with Gasteiger partial charge in [-0.3, -0.25) is 9.59 Å². The van der Waals surface area contributed by atoms with E-state index in [0.717, 1.165) is 42.2 Å². The highest BCUT2D eigenvalue weighted by Gasteiger charge is 2.45. The number of amides is 2. The maximum atomic E-state index is 13.3. The molecular formula is C42H46N2O6S4. The minimum absolute atomic E-state index is 0.276. The Balaban J connectivity index is 1.15. The second-order valence-electron chi connectivity index (χ2n) is 12.5. The van der Waals surface area contributed by atoms with E-state index in [2.05, 4.69) is 24.3 Å². The van der Waals surface area contributed by atoms with E-state index in [0.29, 0.717) is 37.4 Å². The van der Waals surface area contributed by atoms with Crippen LogP contribution in [0.5, 0.6) is 0 Å². The smallest absolute Gasteiger partial charge is 0.376 e. The molecule has 0 saturated heterocycles. The summed E-state index contributed by atoms with van der Waals surface area (Å²) in [6, 6.07) is 36.1. The minimum Gasteiger partial charge on any atom is -0.376 e. The third-order valence-electron chi connectivity index (χ3n) is 8.74. The fourth-order valence-corrected chi connectivity index (χ4v) is 8.59. The second kappa shape index (κ2) is 21.9. The number of benzene rings is 4. The van der Waals surface area contributed by atoms with Crippen LogP contribution in [0, 0.1) is 11.8 Å². The highest BCUT2D eigenvalue weighted by molar-refractivity contribution is 8.00. The molecule has 5 rings (SSSR count). The quantitative estimate of drug-likeness (QED) is 0.0550. The Kier molecular flexibility index (Phi) is 16.8. The van der Waals surface area contributed by atoms with E-state index >= 15 is 0 Å². The van der Waals surface area contributed by atoms with E-state index in [1.165, 1.54) is 9.80 Å². The summed E-state index contributed by atoms with van der Waals surface area (Å²) in [6.07, 6.45) is -0.753. The third kappa shape index (κ3) is 12.9. The van der Waals surface area contributed by atoms with Crippen molar-refractivity contribution in [1.29, 1.82) is 0 Å². The fourth-order valence-electron chi connectivity index (χ4n) is 5.64. The molecule has 2 atom stereocenters. The van der Waals surface area contributed by atoms with Gasteiger partial charge < -0.3 is 19.3 Å². The zero-order valence-corrected chi connectivity index (χ0v) is 33.9. The summed E-state index contributed by atoms with van der Waals surface area (Å²) in [4.78, 5) is 60.7. The molecule has 1 saturated carbocycles. The molecule has 4 aromatic carbocycles. The summed E-state index contributed by atoms with van der Waals surface area (Å²) < 4.78 is 10.7. The standard InChI is InChI=1S/C42H46N2O6S4/c1-3-51-27-25-43(29-31-15-19-35(20-16-31)53-33-11-7-5-8-12-33)41(47)49-39(45)37-23-24-38(37)40(46)50-42(48)44(26-28-52-4-2)30-32-17-21-36(22-18-32)54-34-13-9-6-10-14-34/h5-22,37-38H,3-4,23-30H2,1-2H3. The zero-order chi connectivity index (χ0) is 38.1. The van der Waals surface area contributed by atoms with Gasteiger partial charge in [-0.25, -0.2) is 9.59 Å². The number of hydrogen-bond acceptors (Lipinski definition) is 10.